The van der Waals surface area contributed by atoms with Gasteiger partial charge in [-0.25, -0.2) is 9.97 Å². The van der Waals surface area contributed by atoms with E-state index < -0.39 is 0 Å². The Bertz CT molecular complexity index is 1470. The molecular formula is C26H20N4O2S. The standard InChI is InChI=1S/C26H20N4O2S/c31-24(15-14-22-25(32)28-21-9-5-4-8-20(21)27-22)30-26-29-23(16-33-26)19-12-10-18(11-13-19)17-6-2-1-3-7-17/h1-13,16H,14-15H2,(H,28,32)(H,29,30,31). The first kappa shape index (κ1) is 20.8. The quantitative estimate of drug-likeness (QED) is 0.367. The molecule has 0 radical (unpaired) electrons. The summed E-state index contributed by atoms with van der Waals surface area (Å²) in [6.07, 6.45) is 0.403. The molecule has 0 saturated carbocycles. The normalized spacial score (nSPS) is 10.9. The molecule has 6 nitrogen and oxygen atoms in total. The van der Waals surface area contributed by atoms with Gasteiger partial charge in [0.15, 0.2) is 5.13 Å². The number of carbonyl (C=O) groups excluding carboxylic acids is 1. The number of fused-ring (bicyclic) bond motifs is 1. The molecule has 162 valence electrons. The monoisotopic (exact) mass is 452 g/mol. The number of para-hydroxylation sites is 2. The first-order valence-electron chi connectivity index (χ1n) is 10.5. The number of anilines is 1. The van der Waals surface area contributed by atoms with E-state index in [9.17, 15) is 9.59 Å². The van der Waals surface area contributed by atoms with Gasteiger partial charge in [-0.3, -0.25) is 9.59 Å². The van der Waals surface area contributed by atoms with Crippen LogP contribution in [0.4, 0.5) is 5.13 Å². The van der Waals surface area contributed by atoms with Gasteiger partial charge in [0.2, 0.25) is 5.91 Å². The lowest BCUT2D eigenvalue weighted by atomic mass is 10.0. The molecule has 33 heavy (non-hydrogen) atoms. The van der Waals surface area contributed by atoms with E-state index in [1.807, 2.05) is 53.9 Å². The molecular weight excluding hydrogens is 432 g/mol. The van der Waals surface area contributed by atoms with Gasteiger partial charge in [0.05, 0.1) is 16.7 Å². The van der Waals surface area contributed by atoms with Crippen molar-refractivity contribution >= 4 is 33.4 Å². The van der Waals surface area contributed by atoms with E-state index in [-0.39, 0.29) is 24.3 Å². The molecule has 0 bridgehead atoms. The number of benzene rings is 3. The molecule has 1 amide bonds. The summed E-state index contributed by atoms with van der Waals surface area (Å²) in [7, 11) is 0. The van der Waals surface area contributed by atoms with Gasteiger partial charge < -0.3 is 10.3 Å². The molecule has 0 fully saturated rings. The lowest BCUT2D eigenvalue weighted by Crippen LogP contribution is -2.18. The number of nitrogens with one attached hydrogen (secondary N) is 2. The number of carbonyl (C=O) groups is 1. The van der Waals surface area contributed by atoms with Gasteiger partial charge in [-0.2, -0.15) is 0 Å². The molecule has 2 aromatic heterocycles. The number of rotatable bonds is 6. The number of hydrogen-bond acceptors (Lipinski definition) is 5. The van der Waals surface area contributed by atoms with Gasteiger partial charge >= 0.3 is 0 Å². The van der Waals surface area contributed by atoms with Crippen LogP contribution in [-0.4, -0.2) is 20.9 Å². The van der Waals surface area contributed by atoms with Crippen molar-refractivity contribution in [2.45, 2.75) is 12.8 Å². The zero-order chi connectivity index (χ0) is 22.6. The SMILES string of the molecule is O=C(CCc1nc2ccccc2[nH]c1=O)Nc1nc(-c2ccc(-c3ccccc3)cc2)cs1. The Morgan fingerprint density at radius 1 is 0.848 bits per heavy atom. The molecule has 2 heterocycles. The van der Waals surface area contributed by atoms with Crippen molar-refractivity contribution in [2.75, 3.05) is 5.32 Å². The molecule has 5 aromatic rings. The molecule has 0 aliphatic carbocycles. The van der Waals surface area contributed by atoms with Crippen LogP contribution in [0.25, 0.3) is 33.4 Å². The maximum Gasteiger partial charge on any atom is 0.270 e. The molecule has 5 rings (SSSR count). The van der Waals surface area contributed by atoms with Crippen LogP contribution >= 0.6 is 11.3 Å². The number of aryl methyl sites for hydroxylation is 1. The first-order chi connectivity index (χ1) is 16.2. The number of thiazole rings is 1. The minimum Gasteiger partial charge on any atom is -0.319 e. The molecule has 0 spiro atoms. The highest BCUT2D eigenvalue weighted by molar-refractivity contribution is 7.14. The van der Waals surface area contributed by atoms with E-state index in [1.165, 1.54) is 11.3 Å². The van der Waals surface area contributed by atoms with Crippen molar-refractivity contribution in [2.24, 2.45) is 0 Å². The third-order valence-electron chi connectivity index (χ3n) is 5.30. The molecule has 7 heteroatoms. The van der Waals surface area contributed by atoms with Crippen LogP contribution < -0.4 is 10.9 Å². The van der Waals surface area contributed by atoms with Crippen LogP contribution in [0, 0.1) is 0 Å². The van der Waals surface area contributed by atoms with Crippen molar-refractivity contribution in [3.63, 3.8) is 0 Å². The minimum absolute atomic E-state index is 0.148. The summed E-state index contributed by atoms with van der Waals surface area (Å²) in [5, 5.41) is 5.27. The minimum atomic E-state index is -0.267. The Balaban J connectivity index is 1.22. The second-order valence-electron chi connectivity index (χ2n) is 7.56. The van der Waals surface area contributed by atoms with Crippen LogP contribution in [0.1, 0.15) is 12.1 Å². The highest BCUT2D eigenvalue weighted by Gasteiger charge is 2.11. The summed E-state index contributed by atoms with van der Waals surface area (Å²) >= 11 is 1.37. The molecule has 0 unspecified atom stereocenters. The Kier molecular flexibility index (Phi) is 5.78. The second kappa shape index (κ2) is 9.18. The first-order valence-corrected chi connectivity index (χ1v) is 11.4. The van der Waals surface area contributed by atoms with E-state index in [0.717, 1.165) is 22.4 Å². The average Bonchev–Trinajstić information content (AvgIpc) is 3.32. The van der Waals surface area contributed by atoms with Gasteiger partial charge in [-0.1, -0.05) is 66.7 Å². The Hall–Kier alpha value is -4.10. The maximum atomic E-state index is 12.4. The molecule has 2 N–H and O–H groups in total. The van der Waals surface area contributed by atoms with Gasteiger partial charge in [0.1, 0.15) is 5.69 Å². The smallest absolute Gasteiger partial charge is 0.270 e. The van der Waals surface area contributed by atoms with Crippen LogP contribution in [0.2, 0.25) is 0 Å². The summed E-state index contributed by atoms with van der Waals surface area (Å²) in [6, 6.07) is 25.7. The summed E-state index contributed by atoms with van der Waals surface area (Å²) in [6.45, 7) is 0. The summed E-state index contributed by atoms with van der Waals surface area (Å²) < 4.78 is 0. The predicted molar refractivity (Wildman–Crippen MR) is 132 cm³/mol. The summed E-state index contributed by atoms with van der Waals surface area (Å²) in [5.74, 6) is -0.204. The van der Waals surface area contributed by atoms with Crippen molar-refractivity contribution in [3.8, 4) is 22.4 Å². The number of H-pyrrole nitrogens is 1. The third kappa shape index (κ3) is 4.73. The highest BCUT2D eigenvalue weighted by Crippen LogP contribution is 2.27. The largest absolute Gasteiger partial charge is 0.319 e. The number of nitrogens with zero attached hydrogens (tertiary/aromatic N) is 2. The predicted octanol–water partition coefficient (Wildman–Crippen LogP) is 5.28. The number of aromatic nitrogens is 3. The van der Waals surface area contributed by atoms with Gasteiger partial charge in [0, 0.05) is 23.8 Å². The third-order valence-corrected chi connectivity index (χ3v) is 6.05. The fourth-order valence-corrected chi connectivity index (χ4v) is 4.31. The van der Waals surface area contributed by atoms with E-state index in [4.69, 9.17) is 0 Å². The number of hydrogen-bond donors (Lipinski definition) is 2. The molecule has 0 aliphatic rings. The van der Waals surface area contributed by atoms with E-state index >= 15 is 0 Å². The lowest BCUT2D eigenvalue weighted by Gasteiger charge is -2.04. The topological polar surface area (TPSA) is 87.7 Å². The molecule has 0 atom stereocenters. The van der Waals surface area contributed by atoms with Crippen molar-refractivity contribution < 1.29 is 4.79 Å². The van der Waals surface area contributed by atoms with E-state index in [0.29, 0.717) is 21.9 Å². The van der Waals surface area contributed by atoms with Crippen molar-refractivity contribution in [3.05, 3.63) is 100 Å². The van der Waals surface area contributed by atoms with Crippen LogP contribution in [0.3, 0.4) is 0 Å². The van der Waals surface area contributed by atoms with Crippen LogP contribution in [0.15, 0.2) is 89.0 Å². The Morgan fingerprint density at radius 3 is 2.36 bits per heavy atom. The van der Waals surface area contributed by atoms with Crippen molar-refractivity contribution in [1.29, 1.82) is 0 Å². The summed E-state index contributed by atoms with van der Waals surface area (Å²) in [5.41, 5.74) is 5.56. The molecule has 0 aliphatic heterocycles. The fourth-order valence-electron chi connectivity index (χ4n) is 3.58. The zero-order valence-electron chi connectivity index (χ0n) is 17.6. The van der Waals surface area contributed by atoms with Crippen molar-refractivity contribution in [1.82, 2.24) is 15.0 Å². The Morgan fingerprint density at radius 2 is 1.55 bits per heavy atom. The average molecular weight is 453 g/mol. The van der Waals surface area contributed by atoms with Gasteiger partial charge in [0.25, 0.3) is 5.56 Å². The number of aromatic amines is 1. The van der Waals surface area contributed by atoms with Gasteiger partial charge in [-0.15, -0.1) is 11.3 Å². The Labute approximate surface area is 194 Å². The molecule has 3 aromatic carbocycles. The van der Waals surface area contributed by atoms with E-state index in [2.05, 4.69) is 44.5 Å². The van der Waals surface area contributed by atoms with Gasteiger partial charge in [-0.05, 0) is 23.3 Å². The highest BCUT2D eigenvalue weighted by atomic mass is 32.1. The van der Waals surface area contributed by atoms with Crippen LogP contribution in [0.5, 0.6) is 0 Å². The zero-order valence-corrected chi connectivity index (χ0v) is 18.4. The summed E-state index contributed by atoms with van der Waals surface area (Å²) in [4.78, 5) is 36.4. The molecule has 0 saturated heterocycles. The maximum absolute atomic E-state index is 12.4. The second-order valence-corrected chi connectivity index (χ2v) is 8.42. The number of amides is 1. The van der Waals surface area contributed by atoms with E-state index in [1.54, 1.807) is 6.07 Å². The lowest BCUT2D eigenvalue weighted by molar-refractivity contribution is -0.116. The van der Waals surface area contributed by atoms with Crippen LogP contribution in [-0.2, 0) is 11.2 Å². The fraction of sp³-hybridized carbons (Fsp3) is 0.0769.